The van der Waals surface area contributed by atoms with Crippen molar-refractivity contribution < 1.29 is 9.53 Å². The summed E-state index contributed by atoms with van der Waals surface area (Å²) >= 11 is 0. The van der Waals surface area contributed by atoms with Crippen LogP contribution in [0.5, 0.6) is 5.75 Å². The number of piperazine rings is 1. The molecule has 0 atom stereocenters. The van der Waals surface area contributed by atoms with Crippen molar-refractivity contribution in [2.45, 2.75) is 45.1 Å². The van der Waals surface area contributed by atoms with Crippen molar-refractivity contribution in [1.82, 2.24) is 19.8 Å². The van der Waals surface area contributed by atoms with E-state index in [1.54, 1.807) is 6.33 Å². The van der Waals surface area contributed by atoms with Gasteiger partial charge in [-0.1, -0.05) is 43.2 Å². The molecule has 4 heterocycles. The lowest BCUT2D eigenvalue weighted by Crippen LogP contribution is -2.47. The summed E-state index contributed by atoms with van der Waals surface area (Å²) in [5.41, 5.74) is 4.47. The van der Waals surface area contributed by atoms with Crippen LogP contribution in [0.4, 0.5) is 11.5 Å². The van der Waals surface area contributed by atoms with Gasteiger partial charge in [-0.25, -0.2) is 9.97 Å². The normalized spacial score (nSPS) is 21.7. The van der Waals surface area contributed by atoms with Gasteiger partial charge in [-0.3, -0.25) is 14.6 Å². The molecule has 0 amide bonds. The smallest absolute Gasteiger partial charge is 0.146 e. The number of nitrogens with one attached hydrogen (secondary N) is 1. The summed E-state index contributed by atoms with van der Waals surface area (Å²) in [5, 5.41) is 3.40. The van der Waals surface area contributed by atoms with Crippen molar-refractivity contribution in [3.05, 3.63) is 77.7 Å². The highest BCUT2D eigenvalue weighted by molar-refractivity contribution is 5.80. The Morgan fingerprint density at radius 3 is 2.46 bits per heavy atom. The lowest BCUT2D eigenvalue weighted by atomic mass is 10.1. The molecule has 8 bridgehead atoms. The van der Waals surface area contributed by atoms with Crippen LogP contribution in [0.3, 0.4) is 0 Å². The zero-order valence-corrected chi connectivity index (χ0v) is 21.6. The number of nitrogens with zero attached hydrogens (tertiary/aromatic N) is 4. The van der Waals surface area contributed by atoms with E-state index in [1.165, 1.54) is 11.1 Å². The van der Waals surface area contributed by atoms with Gasteiger partial charge in [0.15, 0.2) is 0 Å². The Labute approximate surface area is 219 Å². The molecule has 0 radical (unpaired) electrons. The van der Waals surface area contributed by atoms with E-state index < -0.39 is 0 Å². The molecule has 194 valence electrons. The Morgan fingerprint density at radius 2 is 1.57 bits per heavy atom. The number of ketones is 1. The minimum atomic E-state index is 0.374. The van der Waals surface area contributed by atoms with Crippen molar-refractivity contribution in [3.63, 3.8) is 0 Å². The van der Waals surface area contributed by atoms with Crippen LogP contribution in [0.2, 0.25) is 0 Å². The summed E-state index contributed by atoms with van der Waals surface area (Å²) < 4.78 is 5.98. The summed E-state index contributed by atoms with van der Waals surface area (Å²) in [4.78, 5) is 26.2. The van der Waals surface area contributed by atoms with E-state index in [4.69, 9.17) is 4.74 Å². The van der Waals surface area contributed by atoms with Crippen molar-refractivity contribution in [1.29, 1.82) is 0 Å². The molecule has 0 spiro atoms. The van der Waals surface area contributed by atoms with E-state index in [-0.39, 0.29) is 0 Å². The number of carbonyl (C=O) groups is 1. The van der Waals surface area contributed by atoms with Gasteiger partial charge in [-0.05, 0) is 36.1 Å². The molecule has 3 aliphatic heterocycles. The van der Waals surface area contributed by atoms with Crippen LogP contribution in [-0.2, 0) is 17.8 Å². The lowest BCUT2D eigenvalue weighted by molar-refractivity contribution is -0.120. The van der Waals surface area contributed by atoms with Crippen LogP contribution in [0.25, 0.3) is 0 Å². The number of hydrogen-bond donors (Lipinski definition) is 1. The summed E-state index contributed by atoms with van der Waals surface area (Å²) in [7, 11) is 0. The largest absolute Gasteiger partial charge is 0.494 e. The predicted molar refractivity (Wildman–Crippen MR) is 146 cm³/mol. The van der Waals surface area contributed by atoms with E-state index in [1.807, 2.05) is 30.3 Å². The molecule has 1 aromatic heterocycles. The third kappa shape index (κ3) is 7.84. The minimum Gasteiger partial charge on any atom is -0.494 e. The average molecular weight is 500 g/mol. The van der Waals surface area contributed by atoms with E-state index >= 15 is 0 Å². The molecular weight excluding hydrogens is 462 g/mol. The number of Topliss-reactive ketones (excluding diaryl/α,β-unsaturated/α-hetero) is 1. The first-order valence-electron chi connectivity index (χ1n) is 13.5. The fraction of sp³-hybridized carbons (Fsp3) is 0.433. The number of aromatic nitrogens is 2. The third-order valence-corrected chi connectivity index (χ3v) is 7.10. The van der Waals surface area contributed by atoms with Crippen LogP contribution in [0, 0.1) is 0 Å². The first-order valence-corrected chi connectivity index (χ1v) is 13.5. The highest BCUT2D eigenvalue weighted by atomic mass is 16.5. The second-order valence-electron chi connectivity index (χ2n) is 10.1. The molecule has 1 saturated heterocycles. The van der Waals surface area contributed by atoms with Gasteiger partial charge in [0.05, 0.1) is 18.8 Å². The highest BCUT2D eigenvalue weighted by Gasteiger charge is 2.19. The van der Waals surface area contributed by atoms with Gasteiger partial charge >= 0.3 is 0 Å². The van der Waals surface area contributed by atoms with Crippen LogP contribution in [0.15, 0.2) is 60.9 Å². The van der Waals surface area contributed by atoms with Crippen molar-refractivity contribution in [3.8, 4) is 5.75 Å². The van der Waals surface area contributed by atoms with Crippen molar-refractivity contribution >= 4 is 17.3 Å². The van der Waals surface area contributed by atoms with Gasteiger partial charge in [0.25, 0.3) is 0 Å². The molecule has 1 fully saturated rings. The molecular formula is C30H37N5O2. The number of carbonyl (C=O) groups excluding carboxylic acids is 1. The molecule has 3 aliphatic rings. The SMILES string of the molecule is O=C1CCCCCCOc2cccc(c2)Nc2cc(ncn2)Cc2cccc(c2)CN2CCN(CC2)C1. The van der Waals surface area contributed by atoms with Gasteiger partial charge in [0.2, 0.25) is 0 Å². The van der Waals surface area contributed by atoms with E-state index in [2.05, 4.69) is 49.4 Å². The van der Waals surface area contributed by atoms with E-state index in [0.717, 1.165) is 87.8 Å². The molecule has 7 nitrogen and oxygen atoms in total. The first-order chi connectivity index (χ1) is 18.2. The van der Waals surface area contributed by atoms with Crippen molar-refractivity contribution in [2.24, 2.45) is 0 Å². The second kappa shape index (κ2) is 12.8. The highest BCUT2D eigenvalue weighted by Crippen LogP contribution is 2.22. The second-order valence-corrected chi connectivity index (χ2v) is 10.1. The maximum absolute atomic E-state index is 12.5. The maximum atomic E-state index is 12.5. The molecule has 2 aromatic carbocycles. The van der Waals surface area contributed by atoms with Crippen LogP contribution in [0.1, 0.15) is 48.9 Å². The molecule has 6 rings (SSSR count). The quantitative estimate of drug-likeness (QED) is 0.475. The fourth-order valence-electron chi connectivity index (χ4n) is 5.08. The third-order valence-electron chi connectivity index (χ3n) is 7.10. The summed E-state index contributed by atoms with van der Waals surface area (Å²) in [6, 6.07) is 18.8. The number of hydrogen-bond acceptors (Lipinski definition) is 7. The Morgan fingerprint density at radius 1 is 0.784 bits per heavy atom. The molecule has 3 aromatic rings. The van der Waals surface area contributed by atoms with Crippen LogP contribution in [-0.4, -0.2) is 64.9 Å². The monoisotopic (exact) mass is 499 g/mol. The molecule has 0 aliphatic carbocycles. The maximum Gasteiger partial charge on any atom is 0.146 e. The molecule has 37 heavy (non-hydrogen) atoms. The summed E-state index contributed by atoms with van der Waals surface area (Å²) in [5.74, 6) is 1.99. The Kier molecular flexibility index (Phi) is 8.77. The van der Waals surface area contributed by atoms with Gasteiger partial charge < -0.3 is 10.1 Å². The van der Waals surface area contributed by atoms with Gasteiger partial charge in [0, 0.05) is 63.4 Å². The molecule has 0 saturated carbocycles. The van der Waals surface area contributed by atoms with Crippen molar-refractivity contribution in [2.75, 3.05) is 44.6 Å². The van der Waals surface area contributed by atoms with Crippen LogP contribution >= 0.6 is 0 Å². The zero-order valence-electron chi connectivity index (χ0n) is 21.6. The Balaban J connectivity index is 1.30. The number of fused-ring (bicyclic) bond motifs is 10. The number of rotatable bonds is 0. The summed E-state index contributed by atoms with van der Waals surface area (Å²) in [6.07, 6.45) is 7.17. The Hall–Kier alpha value is -3.29. The number of anilines is 2. The van der Waals surface area contributed by atoms with Gasteiger partial charge in [0.1, 0.15) is 23.7 Å². The fourth-order valence-corrected chi connectivity index (χ4v) is 5.08. The molecule has 7 heteroatoms. The van der Waals surface area contributed by atoms with E-state index in [9.17, 15) is 4.79 Å². The topological polar surface area (TPSA) is 70.6 Å². The minimum absolute atomic E-state index is 0.374. The molecule has 1 N–H and O–H groups in total. The lowest BCUT2D eigenvalue weighted by Gasteiger charge is -2.34. The van der Waals surface area contributed by atoms with E-state index in [0.29, 0.717) is 25.4 Å². The first kappa shape index (κ1) is 25.4. The van der Waals surface area contributed by atoms with Gasteiger partial charge in [-0.2, -0.15) is 0 Å². The standard InChI is InChI=1S/C30H37N5O2/c36-28-10-3-1-2-4-16-37-29-11-6-9-26(19-29)33-30-20-27(31-23-32-30)18-24-7-5-8-25(17-24)21-34-12-14-35(22-28)15-13-34/h5-9,11,17,19-20,23H,1-4,10,12-16,18,21-22H2,(H,31,32,33). The number of ether oxygens (including phenoxy) is 1. The predicted octanol–water partition coefficient (Wildman–Crippen LogP) is 4.84. The van der Waals surface area contributed by atoms with Gasteiger partial charge in [-0.15, -0.1) is 0 Å². The van der Waals surface area contributed by atoms with Crippen LogP contribution < -0.4 is 10.1 Å². The molecule has 0 unspecified atom stereocenters. The number of benzene rings is 2. The average Bonchev–Trinajstić information content (AvgIpc) is 2.89. The zero-order chi connectivity index (χ0) is 25.3. The summed E-state index contributed by atoms with van der Waals surface area (Å²) in [6.45, 7) is 6.12. The Bertz CT molecular complexity index is 1180.